The van der Waals surface area contributed by atoms with Gasteiger partial charge in [-0.2, -0.15) is 0 Å². The van der Waals surface area contributed by atoms with Crippen molar-refractivity contribution in [2.24, 2.45) is 0 Å². The predicted molar refractivity (Wildman–Crippen MR) is 135 cm³/mol. The van der Waals surface area contributed by atoms with Gasteiger partial charge in [0, 0.05) is 75.9 Å². The van der Waals surface area contributed by atoms with Gasteiger partial charge >= 0.3 is 0 Å². The molecule has 3 aromatic rings. The first-order chi connectivity index (χ1) is 15.0. The second-order valence-corrected chi connectivity index (χ2v) is 10.6. The Balaban J connectivity index is 0.00000245. The number of likely N-dealkylation sites (N-methyl/N-ethyl adjacent to an activating group) is 2. The third-order valence-electron chi connectivity index (χ3n) is 6.84. The Labute approximate surface area is 206 Å². The summed E-state index contributed by atoms with van der Waals surface area (Å²) in [5.41, 5.74) is 6.35. The number of nitrogens with zero attached hydrogens (tertiary/aromatic N) is 5. The molecule has 2 fully saturated rings. The van der Waals surface area contributed by atoms with Gasteiger partial charge in [0.1, 0.15) is 11.0 Å². The summed E-state index contributed by atoms with van der Waals surface area (Å²) in [4.78, 5) is 15.0. The van der Waals surface area contributed by atoms with Crippen molar-refractivity contribution in [1.82, 2.24) is 14.8 Å². The molecule has 0 atom stereocenters. The highest BCUT2D eigenvalue weighted by Gasteiger charge is 2.23. The Hall–Kier alpha value is -1.54. The Kier molecular flexibility index (Phi) is 7.20. The molecule has 172 valence electrons. The summed E-state index contributed by atoms with van der Waals surface area (Å²) in [6.45, 7) is 13.5. The third-order valence-corrected chi connectivity index (χ3v) is 7.92. The van der Waals surface area contributed by atoms with Gasteiger partial charge in [-0.3, -0.25) is 0 Å². The minimum atomic E-state index is 0. The van der Waals surface area contributed by atoms with Crippen molar-refractivity contribution < 1.29 is 17.0 Å². The van der Waals surface area contributed by atoms with Crippen LogP contribution < -0.4 is 26.8 Å². The second kappa shape index (κ2) is 9.75. The Morgan fingerprint density at radius 2 is 1.31 bits per heavy atom. The van der Waals surface area contributed by atoms with E-state index in [0.717, 1.165) is 57.9 Å². The number of rotatable bonds is 3. The van der Waals surface area contributed by atoms with Crippen LogP contribution in [0.4, 0.5) is 11.4 Å². The lowest BCUT2D eigenvalue weighted by Crippen LogP contribution is -3.00. The number of fused-ring (bicyclic) bond motifs is 2. The predicted octanol–water partition coefficient (Wildman–Crippen LogP) is 1.36. The van der Waals surface area contributed by atoms with Crippen LogP contribution in [0.2, 0.25) is 0 Å². The second-order valence-electron chi connectivity index (χ2n) is 9.48. The molecule has 5 nitrogen and oxygen atoms in total. The molecular weight excluding hydrogens is 482 g/mol. The van der Waals surface area contributed by atoms with Gasteiger partial charge in [0.05, 0.1) is 0 Å². The number of piperazine rings is 2. The molecule has 7 heteroatoms. The molecule has 3 heterocycles. The summed E-state index contributed by atoms with van der Waals surface area (Å²) in [5.74, 6) is 0.455. The molecule has 0 aliphatic carbocycles. The standard InChI is InChI=1S/C25H34N5S.BrH/c1-18(2)21-15-20(30-13-9-28(4)10-14-30)17-24-25(21)26-22-6-5-19(16-23(22)31-24)29-11-7-27(3)8-12-29;/h5-6,15-18H,7-14H2,1-4H3;1H/q+1;/p-1. The van der Waals surface area contributed by atoms with E-state index < -0.39 is 0 Å². The van der Waals surface area contributed by atoms with E-state index in [1.165, 1.54) is 31.9 Å². The van der Waals surface area contributed by atoms with Crippen LogP contribution >= 0.6 is 11.3 Å². The van der Waals surface area contributed by atoms with E-state index in [1.807, 2.05) is 11.3 Å². The normalized spacial score (nSPS) is 18.5. The van der Waals surface area contributed by atoms with Crippen molar-refractivity contribution >= 4 is 43.1 Å². The summed E-state index contributed by atoms with van der Waals surface area (Å²) in [6.07, 6.45) is 0. The van der Waals surface area contributed by atoms with Crippen LogP contribution in [0.5, 0.6) is 0 Å². The fraction of sp³-hybridized carbons (Fsp3) is 0.520. The molecule has 32 heavy (non-hydrogen) atoms. The first-order valence-electron chi connectivity index (χ1n) is 11.6. The van der Waals surface area contributed by atoms with Gasteiger partial charge in [0.2, 0.25) is 11.3 Å². The van der Waals surface area contributed by atoms with Crippen molar-refractivity contribution in [1.29, 1.82) is 0 Å². The quantitative estimate of drug-likeness (QED) is 0.387. The van der Waals surface area contributed by atoms with Crippen LogP contribution in [0, 0.1) is 0 Å². The van der Waals surface area contributed by atoms with Crippen LogP contribution in [0.25, 0.3) is 20.4 Å². The lowest BCUT2D eigenvalue weighted by atomic mass is 10.0. The largest absolute Gasteiger partial charge is 1.00 e. The number of hydrogen-bond acceptors (Lipinski definition) is 5. The van der Waals surface area contributed by atoms with Crippen LogP contribution in [0.3, 0.4) is 0 Å². The molecule has 2 aromatic carbocycles. The fourth-order valence-corrected chi connectivity index (χ4v) is 5.75. The van der Waals surface area contributed by atoms with Crippen molar-refractivity contribution in [2.45, 2.75) is 19.8 Å². The van der Waals surface area contributed by atoms with E-state index >= 15 is 0 Å². The smallest absolute Gasteiger partial charge is 0.259 e. The number of benzene rings is 2. The topological polar surface area (TPSA) is 25.9 Å². The molecular formula is C25H34BrN5S. The molecule has 0 bridgehead atoms. The molecule has 1 aromatic heterocycles. The molecule has 2 saturated heterocycles. The van der Waals surface area contributed by atoms with E-state index in [-0.39, 0.29) is 17.0 Å². The lowest BCUT2D eigenvalue weighted by Gasteiger charge is -2.34. The zero-order chi connectivity index (χ0) is 21.5. The lowest BCUT2D eigenvalue weighted by molar-refractivity contribution is -0.00000634. The molecule has 0 amide bonds. The number of halogens is 1. The van der Waals surface area contributed by atoms with Gasteiger partial charge in [-0.15, -0.1) is 0 Å². The van der Waals surface area contributed by atoms with Crippen molar-refractivity contribution in [3.8, 4) is 0 Å². The third kappa shape index (κ3) is 4.72. The zero-order valence-electron chi connectivity index (χ0n) is 19.6. The van der Waals surface area contributed by atoms with Crippen LogP contribution in [-0.4, -0.2) is 81.2 Å². The number of anilines is 2. The first-order valence-corrected chi connectivity index (χ1v) is 12.4. The molecule has 0 unspecified atom stereocenters. The average molecular weight is 517 g/mol. The minimum Gasteiger partial charge on any atom is -1.00 e. The first kappa shape index (κ1) is 23.6. The maximum atomic E-state index is 5.15. The van der Waals surface area contributed by atoms with E-state index in [1.54, 1.807) is 0 Å². The summed E-state index contributed by atoms with van der Waals surface area (Å²) >= 11 is 1.90. The highest BCUT2D eigenvalue weighted by Crippen LogP contribution is 2.36. The highest BCUT2D eigenvalue weighted by molar-refractivity contribution is 7.24. The summed E-state index contributed by atoms with van der Waals surface area (Å²) in [7, 11) is 4.42. The average Bonchev–Trinajstić information content (AvgIpc) is 2.77. The Bertz CT molecular complexity index is 1090. The minimum absolute atomic E-state index is 0. The van der Waals surface area contributed by atoms with Crippen molar-refractivity contribution in [3.05, 3.63) is 35.9 Å². The molecule has 0 radical (unpaired) electrons. The van der Waals surface area contributed by atoms with Crippen molar-refractivity contribution in [3.63, 3.8) is 0 Å². The molecule has 2 aliphatic heterocycles. The van der Waals surface area contributed by atoms with E-state index in [9.17, 15) is 0 Å². The summed E-state index contributed by atoms with van der Waals surface area (Å²) in [6, 6.07) is 11.6. The Morgan fingerprint density at radius 3 is 1.91 bits per heavy atom. The van der Waals surface area contributed by atoms with Crippen LogP contribution in [-0.2, 0) is 0 Å². The van der Waals surface area contributed by atoms with Gasteiger partial charge in [0.15, 0.2) is 0 Å². The fourth-order valence-electron chi connectivity index (χ4n) is 4.68. The van der Waals surface area contributed by atoms with Gasteiger partial charge in [-0.25, -0.2) is 4.98 Å². The SMILES string of the molecule is CC(C)c1cc(N2CCN(C)CC2)cc2[s+]c3cc(N4CCN(C)CC4)ccc3nc12.[Br-]. The molecule has 5 rings (SSSR count). The molecule has 0 saturated carbocycles. The monoisotopic (exact) mass is 515 g/mol. The summed E-state index contributed by atoms with van der Waals surface area (Å²) < 4.78 is 2.59. The highest BCUT2D eigenvalue weighted by atomic mass is 79.9. The maximum Gasteiger partial charge on any atom is 0.259 e. The Morgan fingerprint density at radius 1 is 0.750 bits per heavy atom. The van der Waals surface area contributed by atoms with Crippen LogP contribution in [0.1, 0.15) is 25.3 Å². The number of hydrogen-bond donors (Lipinski definition) is 0. The number of aromatic nitrogens is 1. The molecule has 0 spiro atoms. The van der Waals surface area contributed by atoms with Crippen LogP contribution in [0.15, 0.2) is 30.3 Å². The van der Waals surface area contributed by atoms with Gasteiger partial charge in [0.25, 0.3) is 9.40 Å². The van der Waals surface area contributed by atoms with Gasteiger partial charge < -0.3 is 36.6 Å². The van der Waals surface area contributed by atoms with E-state index in [2.05, 4.69) is 77.9 Å². The zero-order valence-corrected chi connectivity index (χ0v) is 22.0. The van der Waals surface area contributed by atoms with Gasteiger partial charge in [-0.05, 0) is 43.8 Å². The molecule has 2 aliphatic rings. The molecule has 0 N–H and O–H groups in total. The van der Waals surface area contributed by atoms with E-state index in [4.69, 9.17) is 4.98 Å². The summed E-state index contributed by atoms with van der Waals surface area (Å²) in [5, 5.41) is 0. The van der Waals surface area contributed by atoms with Crippen molar-refractivity contribution in [2.75, 3.05) is 76.3 Å². The maximum absolute atomic E-state index is 5.15. The van der Waals surface area contributed by atoms with Gasteiger partial charge in [-0.1, -0.05) is 13.8 Å². The van der Waals surface area contributed by atoms with E-state index in [0.29, 0.717) is 5.92 Å².